The van der Waals surface area contributed by atoms with Crippen molar-refractivity contribution in [1.82, 2.24) is 9.80 Å². The highest BCUT2D eigenvalue weighted by molar-refractivity contribution is 4.93. The third kappa shape index (κ3) is 3.43. The molecule has 17 heavy (non-hydrogen) atoms. The summed E-state index contributed by atoms with van der Waals surface area (Å²) in [5, 5.41) is 9.16. The van der Waals surface area contributed by atoms with Gasteiger partial charge in [-0.3, -0.25) is 4.90 Å². The predicted molar refractivity (Wildman–Crippen MR) is 69.7 cm³/mol. The molecule has 3 heteroatoms. The smallest absolute Gasteiger partial charge is 0.0978 e. The lowest BCUT2D eigenvalue weighted by Gasteiger charge is -2.39. The molecule has 1 aliphatic carbocycles. The molecule has 0 aromatic rings. The molecule has 2 rings (SSSR count). The van der Waals surface area contributed by atoms with Gasteiger partial charge >= 0.3 is 0 Å². The number of hydrogen-bond donors (Lipinski definition) is 0. The molecule has 1 saturated carbocycles. The first kappa shape index (κ1) is 12.9. The van der Waals surface area contributed by atoms with Crippen molar-refractivity contribution in [2.45, 2.75) is 45.1 Å². The molecule has 0 aromatic heterocycles. The van der Waals surface area contributed by atoms with E-state index in [-0.39, 0.29) is 6.04 Å². The molecule has 0 aromatic carbocycles. The molecule has 2 aliphatic rings. The largest absolute Gasteiger partial charge is 0.301 e. The van der Waals surface area contributed by atoms with Gasteiger partial charge in [0.1, 0.15) is 0 Å². The maximum Gasteiger partial charge on any atom is 0.0978 e. The Labute approximate surface area is 105 Å². The highest BCUT2D eigenvalue weighted by Gasteiger charge is 2.26. The fourth-order valence-corrected chi connectivity index (χ4v) is 2.90. The van der Waals surface area contributed by atoms with Crippen molar-refractivity contribution in [2.24, 2.45) is 5.92 Å². The molecule has 1 saturated heterocycles. The third-order valence-electron chi connectivity index (χ3n) is 4.30. The minimum absolute atomic E-state index is 0.158. The lowest BCUT2D eigenvalue weighted by molar-refractivity contribution is 0.0856. The van der Waals surface area contributed by atoms with Crippen LogP contribution in [0.1, 0.15) is 39.0 Å². The van der Waals surface area contributed by atoms with Crippen molar-refractivity contribution in [3.8, 4) is 6.07 Å². The van der Waals surface area contributed by atoms with Crippen LogP contribution in [0.3, 0.4) is 0 Å². The second-order valence-corrected chi connectivity index (χ2v) is 5.57. The van der Waals surface area contributed by atoms with Gasteiger partial charge in [0, 0.05) is 32.7 Å². The van der Waals surface area contributed by atoms with Crippen molar-refractivity contribution in [2.75, 3.05) is 32.7 Å². The summed E-state index contributed by atoms with van der Waals surface area (Å²) in [4.78, 5) is 4.97. The van der Waals surface area contributed by atoms with Crippen LogP contribution in [-0.4, -0.2) is 48.6 Å². The summed E-state index contributed by atoms with van der Waals surface area (Å²) in [5.74, 6) is 0.976. The first-order valence-corrected chi connectivity index (χ1v) is 7.19. The lowest BCUT2D eigenvalue weighted by atomic mass is 9.85. The molecule has 1 unspecified atom stereocenters. The molecular weight excluding hydrogens is 210 g/mol. The van der Waals surface area contributed by atoms with Gasteiger partial charge in [-0.1, -0.05) is 19.8 Å². The van der Waals surface area contributed by atoms with Crippen LogP contribution in [0.25, 0.3) is 0 Å². The van der Waals surface area contributed by atoms with Gasteiger partial charge in [-0.2, -0.15) is 5.26 Å². The van der Waals surface area contributed by atoms with E-state index in [1.807, 2.05) is 0 Å². The Morgan fingerprint density at radius 1 is 1.24 bits per heavy atom. The molecule has 1 heterocycles. The Kier molecular flexibility index (Phi) is 4.82. The van der Waals surface area contributed by atoms with E-state index in [0.29, 0.717) is 0 Å². The van der Waals surface area contributed by atoms with E-state index in [9.17, 15) is 0 Å². The van der Waals surface area contributed by atoms with Gasteiger partial charge in [0.05, 0.1) is 12.1 Å². The van der Waals surface area contributed by atoms with Gasteiger partial charge in [0.15, 0.2) is 0 Å². The first-order valence-electron chi connectivity index (χ1n) is 7.19. The molecule has 96 valence electrons. The molecular formula is C14H25N3. The summed E-state index contributed by atoms with van der Waals surface area (Å²) < 4.78 is 0. The summed E-state index contributed by atoms with van der Waals surface area (Å²) in [6.07, 6.45) is 6.46. The Morgan fingerprint density at radius 2 is 1.94 bits per heavy atom. The van der Waals surface area contributed by atoms with E-state index in [1.165, 1.54) is 38.9 Å². The van der Waals surface area contributed by atoms with Gasteiger partial charge in [0.25, 0.3) is 0 Å². The second-order valence-electron chi connectivity index (χ2n) is 5.57. The molecule has 2 fully saturated rings. The number of nitriles is 1. The highest BCUT2D eigenvalue weighted by Crippen LogP contribution is 2.27. The van der Waals surface area contributed by atoms with Gasteiger partial charge in [-0.15, -0.1) is 0 Å². The fourth-order valence-electron chi connectivity index (χ4n) is 2.90. The first-order chi connectivity index (χ1) is 8.33. The van der Waals surface area contributed by atoms with Gasteiger partial charge in [0.2, 0.25) is 0 Å². The Morgan fingerprint density at radius 3 is 2.41 bits per heavy atom. The van der Waals surface area contributed by atoms with E-state index in [2.05, 4.69) is 22.8 Å². The predicted octanol–water partition coefficient (Wildman–Crippen LogP) is 2.10. The van der Waals surface area contributed by atoms with Crippen LogP contribution in [0.15, 0.2) is 0 Å². The Balaban J connectivity index is 1.71. The molecule has 0 amide bonds. The number of hydrogen-bond acceptors (Lipinski definition) is 3. The molecule has 0 bridgehead atoms. The summed E-state index contributed by atoms with van der Waals surface area (Å²) in [5.41, 5.74) is 0. The van der Waals surface area contributed by atoms with Crippen LogP contribution in [0.5, 0.6) is 0 Å². The number of piperazine rings is 1. The molecule has 1 aliphatic heterocycles. The molecule has 0 radical (unpaired) electrons. The van der Waals surface area contributed by atoms with Gasteiger partial charge in [-0.05, 0) is 25.2 Å². The SMILES string of the molecule is CCCC(C#N)N1CCN(CC2CCC2)CC1. The van der Waals surface area contributed by atoms with Crippen molar-refractivity contribution in [3.63, 3.8) is 0 Å². The van der Waals surface area contributed by atoms with E-state index in [4.69, 9.17) is 5.26 Å². The summed E-state index contributed by atoms with van der Waals surface area (Å²) >= 11 is 0. The standard InChI is InChI=1S/C14H25N3/c1-2-4-14(11-15)17-9-7-16(8-10-17)12-13-5-3-6-13/h13-14H,2-10,12H2,1H3. The topological polar surface area (TPSA) is 30.3 Å². The quantitative estimate of drug-likeness (QED) is 0.731. The fraction of sp³-hybridized carbons (Fsp3) is 0.929. The summed E-state index contributed by atoms with van der Waals surface area (Å²) in [7, 11) is 0. The minimum Gasteiger partial charge on any atom is -0.301 e. The Hall–Kier alpha value is -0.590. The van der Waals surface area contributed by atoms with Crippen molar-refractivity contribution >= 4 is 0 Å². The van der Waals surface area contributed by atoms with Crippen LogP contribution in [-0.2, 0) is 0 Å². The third-order valence-corrected chi connectivity index (χ3v) is 4.30. The number of nitrogens with zero attached hydrogens (tertiary/aromatic N) is 3. The molecule has 0 spiro atoms. The second kappa shape index (κ2) is 6.37. The minimum atomic E-state index is 0.158. The zero-order valence-corrected chi connectivity index (χ0v) is 11.1. The maximum absolute atomic E-state index is 9.16. The van der Waals surface area contributed by atoms with E-state index < -0.39 is 0 Å². The zero-order chi connectivity index (χ0) is 12.1. The van der Waals surface area contributed by atoms with Gasteiger partial charge in [-0.25, -0.2) is 0 Å². The maximum atomic E-state index is 9.16. The molecule has 1 atom stereocenters. The van der Waals surface area contributed by atoms with Crippen molar-refractivity contribution < 1.29 is 0 Å². The average molecular weight is 235 g/mol. The highest BCUT2D eigenvalue weighted by atomic mass is 15.3. The van der Waals surface area contributed by atoms with Crippen molar-refractivity contribution in [3.05, 3.63) is 0 Å². The van der Waals surface area contributed by atoms with E-state index in [1.54, 1.807) is 0 Å². The zero-order valence-electron chi connectivity index (χ0n) is 11.1. The summed E-state index contributed by atoms with van der Waals surface area (Å²) in [6, 6.07) is 2.62. The molecule has 3 nitrogen and oxygen atoms in total. The normalized spacial score (nSPS) is 25.2. The van der Waals surface area contributed by atoms with Crippen LogP contribution in [0.2, 0.25) is 0 Å². The Bertz CT molecular complexity index is 259. The van der Waals surface area contributed by atoms with Crippen LogP contribution >= 0.6 is 0 Å². The molecule has 0 N–H and O–H groups in total. The number of rotatable bonds is 5. The average Bonchev–Trinajstić information content (AvgIpc) is 2.32. The van der Waals surface area contributed by atoms with Crippen LogP contribution < -0.4 is 0 Å². The monoisotopic (exact) mass is 235 g/mol. The lowest BCUT2D eigenvalue weighted by Crippen LogP contribution is -2.51. The van der Waals surface area contributed by atoms with E-state index in [0.717, 1.165) is 31.8 Å². The van der Waals surface area contributed by atoms with Crippen molar-refractivity contribution in [1.29, 1.82) is 5.26 Å². The van der Waals surface area contributed by atoms with Crippen LogP contribution in [0, 0.1) is 17.2 Å². The van der Waals surface area contributed by atoms with E-state index >= 15 is 0 Å². The summed E-state index contributed by atoms with van der Waals surface area (Å²) in [6.45, 7) is 7.97. The van der Waals surface area contributed by atoms with Gasteiger partial charge < -0.3 is 4.90 Å². The van der Waals surface area contributed by atoms with Crippen LogP contribution in [0.4, 0.5) is 0 Å².